The Morgan fingerprint density at radius 2 is 1.85 bits per heavy atom. The number of ketones is 1. The number of benzene rings is 1. The Kier molecular flexibility index (Phi) is 7.29. The highest BCUT2D eigenvalue weighted by molar-refractivity contribution is 5.99. The molecule has 0 aliphatic heterocycles. The number of esters is 1. The maximum absolute atomic E-state index is 14.2. The fourth-order valence-corrected chi connectivity index (χ4v) is 5.39. The molecule has 10 heteroatoms. The van der Waals surface area contributed by atoms with Crippen molar-refractivity contribution in [3.8, 4) is 11.1 Å². The minimum Gasteiger partial charge on any atom is -0.472 e. The number of rotatable bonds is 6. The van der Waals surface area contributed by atoms with Crippen molar-refractivity contribution in [2.24, 2.45) is 5.92 Å². The SMILES string of the molecule is COC(=O)Cc1c(C(=O)C2CCCC(c3ccc(F)cc3)CC2)nc2c(C(F)(F)F)cc(-c3ccoc3)cn12. The number of imidazole rings is 1. The highest BCUT2D eigenvalue weighted by Gasteiger charge is 2.37. The lowest BCUT2D eigenvalue weighted by Gasteiger charge is -2.15. The molecule has 0 N–H and O–H groups in total. The fourth-order valence-electron chi connectivity index (χ4n) is 5.39. The standard InChI is InChI=1S/C29H26F4N2O4/c1-38-25(36)14-24-26(27(37)19-4-2-3-17(5-6-19)18-7-9-22(30)10-8-18)34-28-23(29(31,32)33)13-21(15-35(24)28)20-11-12-39-16-20/h7-13,15-17,19H,2-6,14H2,1H3. The van der Waals surface area contributed by atoms with E-state index in [1.165, 1.54) is 48.4 Å². The Hall–Kier alpha value is -3.95. The summed E-state index contributed by atoms with van der Waals surface area (Å²) in [5.41, 5.74) is 0.0208. The molecule has 1 aliphatic rings. The van der Waals surface area contributed by atoms with Gasteiger partial charge in [0.25, 0.3) is 0 Å². The Balaban J connectivity index is 1.55. The average Bonchev–Trinajstić information content (AvgIpc) is 3.50. The normalized spacial score (nSPS) is 18.2. The van der Waals surface area contributed by atoms with Gasteiger partial charge in [0.1, 0.15) is 17.2 Å². The Bertz CT molecular complexity index is 1490. The van der Waals surface area contributed by atoms with Crippen LogP contribution in [0, 0.1) is 11.7 Å². The van der Waals surface area contributed by atoms with Crippen LogP contribution in [0.2, 0.25) is 0 Å². The second-order valence-electron chi connectivity index (χ2n) is 9.82. The van der Waals surface area contributed by atoms with Crippen molar-refractivity contribution in [2.75, 3.05) is 7.11 Å². The largest absolute Gasteiger partial charge is 0.472 e. The highest BCUT2D eigenvalue weighted by Crippen LogP contribution is 2.39. The number of fused-ring (bicyclic) bond motifs is 1. The van der Waals surface area contributed by atoms with Crippen molar-refractivity contribution in [3.05, 3.63) is 83.5 Å². The molecule has 0 bridgehead atoms. The van der Waals surface area contributed by atoms with Crippen LogP contribution in [-0.2, 0) is 22.1 Å². The van der Waals surface area contributed by atoms with Crippen LogP contribution < -0.4 is 0 Å². The lowest BCUT2D eigenvalue weighted by atomic mass is 9.89. The van der Waals surface area contributed by atoms with Crippen molar-refractivity contribution in [3.63, 3.8) is 0 Å². The molecule has 1 aromatic carbocycles. The summed E-state index contributed by atoms with van der Waals surface area (Å²) in [4.78, 5) is 30.3. The summed E-state index contributed by atoms with van der Waals surface area (Å²) in [7, 11) is 1.17. The average molecular weight is 543 g/mol. The van der Waals surface area contributed by atoms with E-state index in [0.29, 0.717) is 24.8 Å². The fraction of sp³-hybridized carbons (Fsp3) is 0.345. The van der Waals surface area contributed by atoms with Crippen LogP contribution in [0.25, 0.3) is 16.8 Å². The number of furan rings is 1. The van der Waals surface area contributed by atoms with Gasteiger partial charge in [0.2, 0.25) is 0 Å². The maximum Gasteiger partial charge on any atom is 0.420 e. The van der Waals surface area contributed by atoms with Gasteiger partial charge in [-0.05, 0) is 61.4 Å². The molecule has 1 fully saturated rings. The molecule has 2 atom stereocenters. The van der Waals surface area contributed by atoms with Crippen LogP contribution in [0.4, 0.5) is 17.6 Å². The van der Waals surface area contributed by atoms with Crippen LogP contribution in [0.3, 0.4) is 0 Å². The summed E-state index contributed by atoms with van der Waals surface area (Å²) in [6.45, 7) is 0. The van der Waals surface area contributed by atoms with Gasteiger partial charge in [0.15, 0.2) is 5.78 Å². The molecule has 1 saturated carbocycles. The molecule has 3 aromatic heterocycles. The van der Waals surface area contributed by atoms with Crippen LogP contribution in [0.5, 0.6) is 0 Å². The number of carbonyl (C=O) groups excluding carboxylic acids is 2. The van der Waals surface area contributed by atoms with Gasteiger partial charge in [0.05, 0.1) is 37.3 Å². The quantitative estimate of drug-likeness (QED) is 0.113. The van der Waals surface area contributed by atoms with E-state index in [2.05, 4.69) is 4.98 Å². The number of aromatic nitrogens is 2. The number of hydrogen-bond acceptors (Lipinski definition) is 5. The van der Waals surface area contributed by atoms with Gasteiger partial charge in [-0.3, -0.25) is 9.59 Å². The van der Waals surface area contributed by atoms with E-state index in [1.54, 1.807) is 12.1 Å². The first kappa shape index (κ1) is 26.6. The van der Waals surface area contributed by atoms with E-state index in [1.807, 2.05) is 0 Å². The molecular formula is C29H26F4N2O4. The minimum atomic E-state index is -4.76. The zero-order valence-electron chi connectivity index (χ0n) is 21.1. The van der Waals surface area contributed by atoms with E-state index in [-0.39, 0.29) is 28.7 Å². The summed E-state index contributed by atoms with van der Waals surface area (Å²) >= 11 is 0. The first-order valence-electron chi connectivity index (χ1n) is 12.7. The molecule has 5 rings (SSSR count). The Morgan fingerprint density at radius 3 is 2.51 bits per heavy atom. The molecule has 0 amide bonds. The third kappa shape index (κ3) is 5.46. The van der Waals surface area contributed by atoms with E-state index in [4.69, 9.17) is 9.15 Å². The van der Waals surface area contributed by atoms with Crippen molar-refractivity contribution in [1.29, 1.82) is 0 Å². The van der Waals surface area contributed by atoms with Crippen molar-refractivity contribution in [2.45, 2.75) is 50.6 Å². The monoisotopic (exact) mass is 542 g/mol. The number of hydrogen-bond donors (Lipinski definition) is 0. The highest BCUT2D eigenvalue weighted by atomic mass is 19.4. The molecule has 2 unspecified atom stereocenters. The van der Waals surface area contributed by atoms with E-state index in [0.717, 1.165) is 24.5 Å². The predicted molar refractivity (Wildman–Crippen MR) is 134 cm³/mol. The van der Waals surface area contributed by atoms with Gasteiger partial charge in [-0.2, -0.15) is 13.2 Å². The van der Waals surface area contributed by atoms with E-state index in [9.17, 15) is 27.2 Å². The van der Waals surface area contributed by atoms with Crippen LogP contribution >= 0.6 is 0 Å². The first-order valence-corrected chi connectivity index (χ1v) is 12.7. The van der Waals surface area contributed by atoms with Crippen molar-refractivity contribution < 1.29 is 36.3 Å². The number of Topliss-reactive ketones (excluding diaryl/α,β-unsaturated/α-hetero) is 1. The molecule has 0 spiro atoms. The maximum atomic E-state index is 14.2. The number of carbonyl (C=O) groups is 2. The minimum absolute atomic E-state index is 0.0528. The molecule has 3 heterocycles. The summed E-state index contributed by atoms with van der Waals surface area (Å²) < 4.78 is 66.9. The van der Waals surface area contributed by atoms with Crippen molar-refractivity contribution >= 4 is 17.4 Å². The number of ether oxygens (including phenoxy) is 1. The lowest BCUT2D eigenvalue weighted by molar-refractivity contribution is -0.140. The summed E-state index contributed by atoms with van der Waals surface area (Å²) in [5, 5.41) is 0. The third-order valence-electron chi connectivity index (χ3n) is 7.43. The van der Waals surface area contributed by atoms with Gasteiger partial charge in [-0.25, -0.2) is 9.37 Å². The molecule has 39 heavy (non-hydrogen) atoms. The summed E-state index contributed by atoms with van der Waals surface area (Å²) in [6.07, 6.45) is 2.13. The van der Waals surface area contributed by atoms with E-state index >= 15 is 0 Å². The number of methoxy groups -OCH3 is 1. The van der Waals surface area contributed by atoms with Gasteiger partial charge in [-0.1, -0.05) is 18.6 Å². The predicted octanol–water partition coefficient (Wildman–Crippen LogP) is 7.01. The van der Waals surface area contributed by atoms with Crippen LogP contribution in [0.15, 0.2) is 59.5 Å². The second-order valence-corrected chi connectivity index (χ2v) is 9.82. The molecule has 4 aromatic rings. The molecular weight excluding hydrogens is 516 g/mol. The van der Waals surface area contributed by atoms with Gasteiger partial charge in [0, 0.05) is 23.2 Å². The van der Waals surface area contributed by atoms with Gasteiger partial charge >= 0.3 is 12.1 Å². The van der Waals surface area contributed by atoms with Crippen LogP contribution in [0.1, 0.15) is 65.3 Å². The number of halogens is 4. The molecule has 6 nitrogen and oxygen atoms in total. The zero-order valence-corrected chi connectivity index (χ0v) is 21.1. The molecule has 0 radical (unpaired) electrons. The summed E-state index contributed by atoms with van der Waals surface area (Å²) in [5.74, 6) is -1.74. The van der Waals surface area contributed by atoms with Gasteiger partial charge < -0.3 is 13.6 Å². The van der Waals surface area contributed by atoms with Crippen LogP contribution in [-0.4, -0.2) is 28.2 Å². The first-order chi connectivity index (χ1) is 18.7. The number of pyridine rings is 1. The number of alkyl halides is 3. The summed E-state index contributed by atoms with van der Waals surface area (Å²) in [6, 6.07) is 8.79. The number of nitrogens with zero attached hydrogens (tertiary/aromatic N) is 2. The molecule has 0 saturated heterocycles. The Labute approximate surface area is 221 Å². The lowest BCUT2D eigenvalue weighted by Crippen LogP contribution is -2.18. The molecule has 1 aliphatic carbocycles. The molecule has 204 valence electrons. The van der Waals surface area contributed by atoms with E-state index < -0.39 is 41.5 Å². The zero-order chi connectivity index (χ0) is 27.7. The smallest absolute Gasteiger partial charge is 0.420 e. The topological polar surface area (TPSA) is 73.8 Å². The van der Waals surface area contributed by atoms with Gasteiger partial charge in [-0.15, -0.1) is 0 Å². The van der Waals surface area contributed by atoms with Crippen molar-refractivity contribution in [1.82, 2.24) is 9.38 Å². The second kappa shape index (κ2) is 10.7. The third-order valence-corrected chi connectivity index (χ3v) is 7.43. The Morgan fingerprint density at radius 1 is 1.08 bits per heavy atom.